The molecule has 0 aliphatic heterocycles. The van der Waals surface area contributed by atoms with E-state index >= 15 is 0 Å². The number of carbonyl (C=O) groups excluding carboxylic acids is 2. The normalized spacial score (nSPS) is 10.3. The molecule has 1 N–H and O–H groups in total. The van der Waals surface area contributed by atoms with E-state index in [9.17, 15) is 9.59 Å². The van der Waals surface area contributed by atoms with Crippen LogP contribution in [0.2, 0.25) is 0 Å². The number of rotatable bonds is 6. The quantitative estimate of drug-likeness (QED) is 0.835. The monoisotopic (exact) mass is 306 g/mol. The Bertz CT molecular complexity index is 648. The lowest BCUT2D eigenvalue weighted by atomic mass is 10.3. The number of hydrogen-bond donors (Lipinski definition) is 1. The van der Waals surface area contributed by atoms with Crippen LogP contribution in [0.1, 0.15) is 16.1 Å². The minimum atomic E-state index is -0.335. The third-order valence-electron chi connectivity index (χ3n) is 2.99. The summed E-state index contributed by atoms with van der Waals surface area (Å²) in [6.07, 6.45) is 3.09. The van der Waals surface area contributed by atoms with Gasteiger partial charge in [0.1, 0.15) is 11.3 Å². The van der Waals surface area contributed by atoms with E-state index in [1.54, 1.807) is 32.4 Å². The topological polar surface area (TPSA) is 89.6 Å². The molecule has 0 bridgehead atoms. The van der Waals surface area contributed by atoms with Crippen LogP contribution in [-0.2, 0) is 18.4 Å². The van der Waals surface area contributed by atoms with Crippen LogP contribution in [0.4, 0.5) is 0 Å². The molecule has 22 heavy (non-hydrogen) atoms. The predicted octanol–water partition coefficient (Wildman–Crippen LogP) is 0.410. The van der Waals surface area contributed by atoms with Crippen LogP contribution in [-0.4, -0.2) is 47.2 Å². The molecule has 0 spiro atoms. The molecule has 0 aliphatic rings. The van der Waals surface area contributed by atoms with Gasteiger partial charge in [-0.2, -0.15) is 0 Å². The maximum Gasteiger partial charge on any atom is 0.261 e. The molecule has 0 atom stereocenters. The molecule has 0 saturated carbocycles. The van der Waals surface area contributed by atoms with Gasteiger partial charge in [-0.15, -0.1) is 5.10 Å². The Kier molecular flexibility index (Phi) is 4.82. The van der Waals surface area contributed by atoms with Gasteiger partial charge in [-0.05, 0) is 12.1 Å². The van der Waals surface area contributed by atoms with Crippen LogP contribution < -0.4 is 10.1 Å². The lowest BCUT2D eigenvalue weighted by Gasteiger charge is -2.16. The molecule has 118 valence electrons. The fourth-order valence-corrected chi connectivity index (χ4v) is 1.91. The van der Waals surface area contributed by atoms with Crippen molar-refractivity contribution in [3.05, 3.63) is 35.9 Å². The minimum absolute atomic E-state index is 0.0718. The lowest BCUT2D eigenvalue weighted by Crippen LogP contribution is -2.38. The fraction of sp³-hybridized carbons (Fsp3) is 0.357. The zero-order valence-electron chi connectivity index (χ0n) is 12.7. The predicted molar refractivity (Wildman–Crippen MR) is 77.3 cm³/mol. The highest BCUT2D eigenvalue weighted by Gasteiger charge is 2.21. The van der Waals surface area contributed by atoms with Crippen molar-refractivity contribution in [3.63, 3.8) is 0 Å². The van der Waals surface area contributed by atoms with Crippen LogP contribution in [0.3, 0.4) is 0 Å². The number of methoxy groups -OCH3 is 1. The average molecular weight is 306 g/mol. The second-order valence-electron chi connectivity index (χ2n) is 4.74. The minimum Gasteiger partial charge on any atom is -0.479 e. The van der Waals surface area contributed by atoms with Crippen LogP contribution in [0.15, 0.2) is 29.0 Å². The van der Waals surface area contributed by atoms with Crippen LogP contribution in [0, 0.1) is 0 Å². The summed E-state index contributed by atoms with van der Waals surface area (Å²) in [5, 5.41) is 6.69. The number of aryl methyl sites for hydroxylation is 1. The fourth-order valence-electron chi connectivity index (χ4n) is 1.91. The van der Waals surface area contributed by atoms with Gasteiger partial charge in [0.05, 0.1) is 26.5 Å². The molecule has 0 aromatic carbocycles. The number of furan rings is 1. The van der Waals surface area contributed by atoms with Gasteiger partial charge >= 0.3 is 0 Å². The Hall–Kier alpha value is -2.77. The second kappa shape index (κ2) is 6.79. The molecule has 2 rings (SSSR count). The highest BCUT2D eigenvalue weighted by atomic mass is 16.5. The number of likely N-dealkylation sites (N-methyl/N-ethyl adjacent to an activating group) is 1. The maximum absolute atomic E-state index is 12.3. The second-order valence-corrected chi connectivity index (χ2v) is 4.74. The van der Waals surface area contributed by atoms with Crippen molar-refractivity contribution in [3.8, 4) is 5.88 Å². The third-order valence-corrected chi connectivity index (χ3v) is 2.99. The van der Waals surface area contributed by atoms with Crippen molar-refractivity contribution in [1.82, 2.24) is 20.0 Å². The Morgan fingerprint density at radius 3 is 2.91 bits per heavy atom. The third kappa shape index (κ3) is 3.66. The van der Waals surface area contributed by atoms with Crippen molar-refractivity contribution in [2.45, 2.75) is 6.54 Å². The summed E-state index contributed by atoms with van der Waals surface area (Å²) in [5.74, 6) is 0.264. The molecule has 0 saturated heterocycles. The summed E-state index contributed by atoms with van der Waals surface area (Å²) < 4.78 is 11.6. The molecule has 2 aromatic heterocycles. The molecule has 0 aliphatic carbocycles. The van der Waals surface area contributed by atoms with E-state index in [0.29, 0.717) is 11.3 Å². The van der Waals surface area contributed by atoms with Crippen LogP contribution >= 0.6 is 0 Å². The number of ether oxygens (including phenoxy) is 1. The molecular formula is C14H18N4O4. The van der Waals surface area contributed by atoms with Gasteiger partial charge in [0.25, 0.3) is 5.91 Å². The first-order valence-corrected chi connectivity index (χ1v) is 6.63. The van der Waals surface area contributed by atoms with Gasteiger partial charge in [-0.25, -0.2) is 0 Å². The van der Waals surface area contributed by atoms with Crippen molar-refractivity contribution >= 4 is 11.8 Å². The molecule has 0 fully saturated rings. The largest absolute Gasteiger partial charge is 0.479 e. The molecular weight excluding hydrogens is 288 g/mol. The van der Waals surface area contributed by atoms with Crippen LogP contribution in [0.25, 0.3) is 0 Å². The van der Waals surface area contributed by atoms with E-state index in [4.69, 9.17) is 9.15 Å². The highest BCUT2D eigenvalue weighted by Crippen LogP contribution is 2.16. The van der Waals surface area contributed by atoms with E-state index in [1.165, 1.54) is 23.0 Å². The molecule has 2 aromatic rings. The number of carbonyl (C=O) groups is 2. The summed E-state index contributed by atoms with van der Waals surface area (Å²) in [4.78, 5) is 25.4. The van der Waals surface area contributed by atoms with E-state index in [2.05, 4.69) is 10.4 Å². The number of nitrogens with zero attached hydrogens (tertiary/aromatic N) is 3. The van der Waals surface area contributed by atoms with Gasteiger partial charge in [0.2, 0.25) is 11.8 Å². The van der Waals surface area contributed by atoms with Crippen LogP contribution in [0.5, 0.6) is 5.88 Å². The number of nitrogens with one attached hydrogen (secondary N) is 1. The smallest absolute Gasteiger partial charge is 0.261 e. The summed E-state index contributed by atoms with van der Waals surface area (Å²) in [6, 6.07) is 3.50. The first kappa shape index (κ1) is 15.6. The molecule has 8 heteroatoms. The number of hydrogen-bond acceptors (Lipinski definition) is 5. The van der Waals surface area contributed by atoms with E-state index in [0.717, 1.165) is 0 Å². The van der Waals surface area contributed by atoms with Gasteiger partial charge in [0, 0.05) is 20.3 Å². The molecule has 8 nitrogen and oxygen atoms in total. The van der Waals surface area contributed by atoms with Crippen molar-refractivity contribution < 1.29 is 18.7 Å². The Labute approximate surface area is 127 Å². The summed E-state index contributed by atoms with van der Waals surface area (Å²) >= 11 is 0. The zero-order chi connectivity index (χ0) is 16.1. The summed E-state index contributed by atoms with van der Waals surface area (Å²) in [7, 11) is 4.67. The van der Waals surface area contributed by atoms with Crippen molar-refractivity contribution in [2.75, 3.05) is 20.7 Å². The number of aromatic nitrogens is 2. The van der Waals surface area contributed by atoms with Gasteiger partial charge < -0.3 is 19.4 Å². The lowest BCUT2D eigenvalue weighted by molar-refractivity contribution is -0.121. The Morgan fingerprint density at radius 1 is 1.50 bits per heavy atom. The Morgan fingerprint density at radius 2 is 2.27 bits per heavy atom. The molecule has 0 radical (unpaired) electrons. The first-order chi connectivity index (χ1) is 10.5. The first-order valence-electron chi connectivity index (χ1n) is 6.63. The average Bonchev–Trinajstić information content (AvgIpc) is 3.13. The van der Waals surface area contributed by atoms with Gasteiger partial charge in [-0.1, -0.05) is 0 Å². The molecule has 2 heterocycles. The maximum atomic E-state index is 12.3. The van der Waals surface area contributed by atoms with E-state index in [-0.39, 0.29) is 30.8 Å². The molecule has 0 unspecified atom stereocenters. The summed E-state index contributed by atoms with van der Waals surface area (Å²) in [5.41, 5.74) is 0.311. The summed E-state index contributed by atoms with van der Waals surface area (Å²) in [6.45, 7) is 0.210. The standard InChI is InChI=1S/C14H18N4O4/c1-17(9-12(19)15-7-10-5-4-6-22-10)14(20)11-8-18(2)16-13(11)21-3/h4-6,8H,7,9H2,1-3H3,(H,15,19). The zero-order valence-corrected chi connectivity index (χ0v) is 12.7. The highest BCUT2D eigenvalue weighted by molar-refractivity contribution is 5.98. The van der Waals surface area contributed by atoms with Gasteiger partial charge in [-0.3, -0.25) is 14.3 Å². The number of amides is 2. The van der Waals surface area contributed by atoms with Gasteiger partial charge in [0.15, 0.2) is 0 Å². The van der Waals surface area contributed by atoms with E-state index < -0.39 is 0 Å². The van der Waals surface area contributed by atoms with Crippen molar-refractivity contribution in [2.24, 2.45) is 7.05 Å². The molecule has 2 amide bonds. The Balaban J connectivity index is 1.91. The van der Waals surface area contributed by atoms with Crippen molar-refractivity contribution in [1.29, 1.82) is 0 Å². The SMILES string of the molecule is COc1nn(C)cc1C(=O)N(C)CC(=O)NCc1ccco1. The van der Waals surface area contributed by atoms with E-state index in [1.807, 2.05) is 0 Å².